The molecule has 5 nitrogen and oxygen atoms in total. The monoisotopic (exact) mass is 350 g/mol. The molecule has 0 bridgehead atoms. The van der Waals surface area contributed by atoms with E-state index < -0.39 is 0 Å². The van der Waals surface area contributed by atoms with Crippen molar-refractivity contribution >= 4 is 17.5 Å². The largest absolute Gasteiger partial charge is 0.493 e. The summed E-state index contributed by atoms with van der Waals surface area (Å²) in [5, 5.41) is 3.12. The minimum atomic E-state index is -0.321. The van der Waals surface area contributed by atoms with Crippen LogP contribution in [0.3, 0.4) is 0 Å². The van der Waals surface area contributed by atoms with Crippen LogP contribution >= 0.6 is 0 Å². The number of amides is 2. The van der Waals surface area contributed by atoms with E-state index in [1.807, 2.05) is 55.5 Å². The van der Waals surface area contributed by atoms with Crippen LogP contribution in [0.4, 0.5) is 5.69 Å². The maximum atomic E-state index is 12.8. The zero-order chi connectivity index (χ0) is 18.1. The molecule has 1 saturated heterocycles. The van der Waals surface area contributed by atoms with Gasteiger partial charge < -0.3 is 15.0 Å². The maximum Gasteiger partial charge on any atom is 0.227 e. The van der Waals surface area contributed by atoms with Crippen molar-refractivity contribution in [2.75, 3.05) is 18.1 Å². The number of para-hydroxylation sites is 1. The number of benzene rings is 2. The molecule has 2 aliphatic heterocycles. The smallest absolute Gasteiger partial charge is 0.227 e. The zero-order valence-corrected chi connectivity index (χ0v) is 14.8. The van der Waals surface area contributed by atoms with E-state index in [0.29, 0.717) is 13.2 Å². The Labute approximate surface area is 153 Å². The summed E-state index contributed by atoms with van der Waals surface area (Å²) in [7, 11) is 0. The first-order chi connectivity index (χ1) is 12.6. The predicted molar refractivity (Wildman–Crippen MR) is 99.1 cm³/mol. The van der Waals surface area contributed by atoms with Crippen molar-refractivity contribution < 1.29 is 14.3 Å². The fourth-order valence-corrected chi connectivity index (χ4v) is 3.64. The predicted octanol–water partition coefficient (Wildman–Crippen LogP) is 2.99. The standard InChI is InChI=1S/C21H22N2O3/c1-14-6-8-16(9-7-14)23-13-15(12-20(23)24)21(25)22-18-10-11-26-19-5-3-2-4-17(18)19/h2-9,15,18H,10-13H2,1H3,(H,22,25)/t15-,18+/m1/s1. The molecule has 0 saturated carbocycles. The Balaban J connectivity index is 1.45. The van der Waals surface area contributed by atoms with E-state index in [1.165, 1.54) is 0 Å². The summed E-state index contributed by atoms with van der Waals surface area (Å²) in [5.41, 5.74) is 3.01. The molecule has 1 fully saturated rings. The molecule has 0 spiro atoms. The van der Waals surface area contributed by atoms with Gasteiger partial charge in [0.15, 0.2) is 0 Å². The number of carbonyl (C=O) groups is 2. The average Bonchev–Trinajstić information content (AvgIpc) is 3.05. The molecule has 134 valence electrons. The molecule has 1 N–H and O–H groups in total. The number of rotatable bonds is 3. The quantitative estimate of drug-likeness (QED) is 0.926. The molecular formula is C21H22N2O3. The molecule has 0 aliphatic carbocycles. The van der Waals surface area contributed by atoms with Gasteiger partial charge >= 0.3 is 0 Å². The average molecular weight is 350 g/mol. The van der Waals surface area contributed by atoms with Crippen LogP contribution in [0, 0.1) is 12.8 Å². The molecule has 2 aliphatic rings. The lowest BCUT2D eigenvalue weighted by molar-refractivity contribution is -0.127. The van der Waals surface area contributed by atoms with Gasteiger partial charge in [0.1, 0.15) is 5.75 Å². The Hall–Kier alpha value is -2.82. The lowest BCUT2D eigenvalue weighted by Gasteiger charge is -2.27. The van der Waals surface area contributed by atoms with Crippen LogP contribution in [0.25, 0.3) is 0 Å². The van der Waals surface area contributed by atoms with Crippen molar-refractivity contribution in [1.29, 1.82) is 0 Å². The summed E-state index contributed by atoms with van der Waals surface area (Å²) in [6.07, 6.45) is 0.996. The van der Waals surface area contributed by atoms with Crippen LogP contribution in [0.5, 0.6) is 5.75 Å². The normalized spacial score (nSPS) is 21.9. The van der Waals surface area contributed by atoms with Crippen molar-refractivity contribution in [2.24, 2.45) is 5.92 Å². The second-order valence-electron chi connectivity index (χ2n) is 6.98. The van der Waals surface area contributed by atoms with Crippen molar-refractivity contribution in [3.8, 4) is 5.75 Å². The molecule has 0 unspecified atom stereocenters. The van der Waals surface area contributed by atoms with Gasteiger partial charge in [-0.3, -0.25) is 9.59 Å². The second kappa shape index (κ2) is 6.83. The minimum absolute atomic E-state index is 0.00128. The third-order valence-corrected chi connectivity index (χ3v) is 5.12. The van der Waals surface area contributed by atoms with Crippen molar-refractivity contribution in [1.82, 2.24) is 5.32 Å². The van der Waals surface area contributed by atoms with Gasteiger partial charge in [-0.2, -0.15) is 0 Å². The molecular weight excluding hydrogens is 328 g/mol. The van der Waals surface area contributed by atoms with Gasteiger partial charge in [0.25, 0.3) is 0 Å². The van der Waals surface area contributed by atoms with Crippen LogP contribution in [0.1, 0.15) is 30.0 Å². The lowest BCUT2D eigenvalue weighted by Crippen LogP contribution is -2.37. The summed E-state index contributed by atoms with van der Waals surface area (Å²) in [6.45, 7) is 3.03. The Bertz CT molecular complexity index is 831. The fourth-order valence-electron chi connectivity index (χ4n) is 3.64. The number of ether oxygens (including phenoxy) is 1. The highest BCUT2D eigenvalue weighted by atomic mass is 16.5. The van der Waals surface area contributed by atoms with E-state index in [0.717, 1.165) is 29.0 Å². The number of nitrogens with one attached hydrogen (secondary N) is 1. The number of fused-ring (bicyclic) bond motifs is 1. The third-order valence-electron chi connectivity index (χ3n) is 5.12. The Morgan fingerprint density at radius 1 is 1.15 bits per heavy atom. The van der Waals surface area contributed by atoms with Crippen molar-refractivity contribution in [3.63, 3.8) is 0 Å². The number of hydrogen-bond acceptors (Lipinski definition) is 3. The van der Waals surface area contributed by atoms with Gasteiger partial charge in [-0.25, -0.2) is 0 Å². The van der Waals surface area contributed by atoms with Gasteiger partial charge in [0, 0.05) is 30.6 Å². The summed E-state index contributed by atoms with van der Waals surface area (Å²) >= 11 is 0. The van der Waals surface area contributed by atoms with Crippen molar-refractivity contribution in [3.05, 3.63) is 59.7 Å². The van der Waals surface area contributed by atoms with Gasteiger partial charge in [0.2, 0.25) is 11.8 Å². The summed E-state index contributed by atoms with van der Waals surface area (Å²) < 4.78 is 5.65. The number of nitrogens with zero attached hydrogens (tertiary/aromatic N) is 1. The van der Waals surface area contributed by atoms with Gasteiger partial charge in [-0.1, -0.05) is 35.9 Å². The molecule has 2 heterocycles. The number of aryl methyl sites for hydroxylation is 1. The summed E-state index contributed by atoms with van der Waals surface area (Å²) in [5.74, 6) is 0.447. The van der Waals surface area contributed by atoms with Crippen LogP contribution in [0.15, 0.2) is 48.5 Å². The van der Waals surface area contributed by atoms with Crippen molar-refractivity contribution in [2.45, 2.75) is 25.8 Å². The SMILES string of the molecule is Cc1ccc(N2C[C@H](C(=O)N[C@H]3CCOc4ccccc43)CC2=O)cc1. The fraction of sp³-hybridized carbons (Fsp3) is 0.333. The molecule has 0 radical (unpaired) electrons. The number of carbonyl (C=O) groups excluding carboxylic acids is 2. The molecule has 5 heteroatoms. The van der Waals surface area contributed by atoms with E-state index in [2.05, 4.69) is 5.32 Å². The number of hydrogen-bond donors (Lipinski definition) is 1. The molecule has 26 heavy (non-hydrogen) atoms. The highest BCUT2D eigenvalue weighted by Gasteiger charge is 2.36. The Kier molecular flexibility index (Phi) is 4.37. The number of anilines is 1. The Morgan fingerprint density at radius 3 is 2.73 bits per heavy atom. The first-order valence-corrected chi connectivity index (χ1v) is 9.01. The van der Waals surface area contributed by atoms with E-state index >= 15 is 0 Å². The Morgan fingerprint density at radius 2 is 1.92 bits per heavy atom. The van der Waals surface area contributed by atoms with Crippen LogP contribution in [-0.4, -0.2) is 25.0 Å². The first kappa shape index (κ1) is 16.6. The minimum Gasteiger partial charge on any atom is -0.493 e. The topological polar surface area (TPSA) is 58.6 Å². The first-order valence-electron chi connectivity index (χ1n) is 9.01. The van der Waals surface area contributed by atoms with E-state index in [-0.39, 0.29) is 30.2 Å². The van der Waals surface area contributed by atoms with Gasteiger partial charge in [0.05, 0.1) is 18.6 Å². The molecule has 2 aromatic carbocycles. The lowest BCUT2D eigenvalue weighted by atomic mass is 9.99. The zero-order valence-electron chi connectivity index (χ0n) is 14.8. The summed E-state index contributed by atoms with van der Waals surface area (Å²) in [6, 6.07) is 15.6. The van der Waals surface area contributed by atoms with E-state index in [9.17, 15) is 9.59 Å². The molecule has 4 rings (SSSR count). The second-order valence-corrected chi connectivity index (χ2v) is 6.98. The maximum absolute atomic E-state index is 12.8. The van der Waals surface area contributed by atoms with Crippen LogP contribution in [0.2, 0.25) is 0 Å². The van der Waals surface area contributed by atoms with E-state index in [1.54, 1.807) is 4.90 Å². The van der Waals surface area contributed by atoms with Crippen LogP contribution < -0.4 is 15.0 Å². The molecule has 2 atom stereocenters. The van der Waals surface area contributed by atoms with Gasteiger partial charge in [-0.15, -0.1) is 0 Å². The molecule has 2 aromatic rings. The molecule has 2 amide bonds. The van der Waals surface area contributed by atoms with E-state index in [4.69, 9.17) is 4.74 Å². The molecule has 0 aromatic heterocycles. The highest BCUT2D eigenvalue weighted by Crippen LogP contribution is 2.32. The third kappa shape index (κ3) is 3.17. The van der Waals surface area contributed by atoms with Gasteiger partial charge in [-0.05, 0) is 25.1 Å². The summed E-state index contributed by atoms with van der Waals surface area (Å²) in [4.78, 5) is 26.9. The van der Waals surface area contributed by atoms with Crippen LogP contribution in [-0.2, 0) is 9.59 Å². The highest BCUT2D eigenvalue weighted by molar-refractivity contribution is 6.00.